The highest BCUT2D eigenvalue weighted by atomic mass is 32.2. The standard InChI is InChI=1S/C20H25FN6O3S/c1-26(2)9-11-10-30-19-16(8-23-27(11)19)31(22,29)25-20(28)24-18-14-5-3-4-12(14)17(21)13-6-7-15(13)18/h8,11H,3-7,9-10H2,1-2H3,(H3,22,24,25,28,29)/t11-,31?/m1/s1. The van der Waals surface area contributed by atoms with Crippen molar-refractivity contribution in [3.8, 4) is 5.88 Å². The van der Waals surface area contributed by atoms with Crippen LogP contribution in [0.3, 0.4) is 0 Å². The smallest absolute Gasteiger partial charge is 0.354 e. The summed E-state index contributed by atoms with van der Waals surface area (Å²) < 4.78 is 38.8. The van der Waals surface area contributed by atoms with Gasteiger partial charge >= 0.3 is 6.03 Å². The molecule has 0 spiro atoms. The van der Waals surface area contributed by atoms with Crippen LogP contribution in [0.4, 0.5) is 14.9 Å². The van der Waals surface area contributed by atoms with Gasteiger partial charge in [0.15, 0.2) is 9.92 Å². The van der Waals surface area contributed by atoms with E-state index < -0.39 is 15.9 Å². The zero-order chi connectivity index (χ0) is 21.9. The number of aromatic nitrogens is 2. The van der Waals surface area contributed by atoms with Gasteiger partial charge in [0.1, 0.15) is 23.4 Å². The summed E-state index contributed by atoms with van der Waals surface area (Å²) in [5.41, 5.74) is 3.59. The number of likely N-dealkylation sites (N-methyl/N-ethyl adjacent to an activating group) is 1. The predicted molar refractivity (Wildman–Crippen MR) is 113 cm³/mol. The highest BCUT2D eigenvalue weighted by Crippen LogP contribution is 2.42. The number of nitrogens with two attached hydrogens (primary N) is 1. The number of urea groups is 1. The molecule has 2 atom stereocenters. The number of halogens is 1. The third-order valence-corrected chi connectivity index (χ3v) is 7.51. The van der Waals surface area contributed by atoms with Crippen LogP contribution in [-0.4, -0.2) is 52.2 Å². The molecule has 2 heterocycles. The first-order chi connectivity index (χ1) is 14.8. The van der Waals surface area contributed by atoms with E-state index >= 15 is 0 Å². The number of rotatable bonds is 4. The molecule has 0 saturated heterocycles. The monoisotopic (exact) mass is 448 g/mol. The van der Waals surface area contributed by atoms with E-state index in [1.165, 1.54) is 6.20 Å². The number of amides is 2. The highest BCUT2D eigenvalue weighted by Gasteiger charge is 2.33. The second-order valence-corrected chi connectivity index (χ2v) is 10.3. The highest BCUT2D eigenvalue weighted by molar-refractivity contribution is 7.91. The molecule has 2 aliphatic carbocycles. The van der Waals surface area contributed by atoms with Crippen molar-refractivity contribution in [3.63, 3.8) is 0 Å². The summed E-state index contributed by atoms with van der Waals surface area (Å²) in [5.74, 6) is 0.147. The molecular weight excluding hydrogens is 423 g/mol. The zero-order valence-corrected chi connectivity index (χ0v) is 18.3. The molecule has 3 aliphatic rings. The lowest BCUT2D eigenvalue weighted by atomic mass is 9.83. The summed E-state index contributed by atoms with van der Waals surface area (Å²) >= 11 is 0. The lowest BCUT2D eigenvalue weighted by molar-refractivity contribution is 0.260. The molecule has 3 N–H and O–H groups in total. The lowest BCUT2D eigenvalue weighted by Crippen LogP contribution is -2.24. The fraction of sp³-hybridized carbons (Fsp3) is 0.500. The molecule has 11 heteroatoms. The first-order valence-corrected chi connectivity index (χ1v) is 11.9. The molecule has 1 unspecified atom stereocenters. The van der Waals surface area contributed by atoms with Gasteiger partial charge in [0, 0.05) is 12.2 Å². The molecule has 1 aliphatic heterocycles. The summed E-state index contributed by atoms with van der Waals surface area (Å²) in [6.45, 7) is 1.07. The Morgan fingerprint density at radius 2 is 2.00 bits per heavy atom. The maximum atomic E-state index is 14.6. The van der Waals surface area contributed by atoms with Crippen molar-refractivity contribution < 1.29 is 18.1 Å². The minimum absolute atomic E-state index is 0.0385. The number of hydrogen-bond donors (Lipinski definition) is 2. The number of nitrogens with zero attached hydrogens (tertiary/aromatic N) is 4. The molecule has 166 valence electrons. The number of nitrogens with one attached hydrogen (secondary N) is 1. The molecule has 1 aromatic carbocycles. The van der Waals surface area contributed by atoms with E-state index in [-0.39, 0.29) is 22.6 Å². The van der Waals surface area contributed by atoms with Crippen LogP contribution in [0.25, 0.3) is 0 Å². The van der Waals surface area contributed by atoms with Crippen LogP contribution in [0.5, 0.6) is 5.88 Å². The Labute approximate surface area is 180 Å². The predicted octanol–water partition coefficient (Wildman–Crippen LogP) is 2.04. The summed E-state index contributed by atoms with van der Waals surface area (Å²) in [6.07, 6.45) is 4.91. The molecule has 9 nitrogen and oxygen atoms in total. The second-order valence-electron chi connectivity index (χ2n) is 8.53. The largest absolute Gasteiger partial charge is 0.475 e. The van der Waals surface area contributed by atoms with Crippen molar-refractivity contribution in [2.45, 2.75) is 43.0 Å². The van der Waals surface area contributed by atoms with Gasteiger partial charge in [-0.3, -0.25) is 0 Å². The average molecular weight is 449 g/mol. The van der Waals surface area contributed by atoms with E-state index in [2.05, 4.69) is 14.8 Å². The summed E-state index contributed by atoms with van der Waals surface area (Å²) in [7, 11) is 0.305. The fourth-order valence-electron chi connectivity index (χ4n) is 4.70. The molecule has 5 rings (SSSR count). The van der Waals surface area contributed by atoms with E-state index in [1.54, 1.807) is 4.68 Å². The Kier molecular flexibility index (Phi) is 4.79. The van der Waals surface area contributed by atoms with Crippen LogP contribution in [0.2, 0.25) is 0 Å². The van der Waals surface area contributed by atoms with Crippen LogP contribution >= 0.6 is 0 Å². The minimum Gasteiger partial charge on any atom is -0.475 e. The Hall–Kier alpha value is -2.50. The van der Waals surface area contributed by atoms with Crippen LogP contribution in [0, 0.1) is 5.82 Å². The van der Waals surface area contributed by atoms with E-state index in [9.17, 15) is 13.4 Å². The van der Waals surface area contributed by atoms with Gasteiger partial charge in [-0.15, -0.1) is 4.36 Å². The Bertz CT molecular complexity index is 1210. The first kappa shape index (κ1) is 20.4. The molecule has 0 radical (unpaired) electrons. The van der Waals surface area contributed by atoms with Gasteiger partial charge in [0.25, 0.3) is 0 Å². The second kappa shape index (κ2) is 7.28. The van der Waals surface area contributed by atoms with Gasteiger partial charge in [-0.05, 0) is 68.5 Å². The molecule has 31 heavy (non-hydrogen) atoms. The molecule has 0 fully saturated rings. The Balaban J connectivity index is 1.44. The number of ether oxygens (including phenoxy) is 1. The Morgan fingerprint density at radius 1 is 1.32 bits per heavy atom. The topological polar surface area (TPSA) is 115 Å². The van der Waals surface area contributed by atoms with E-state index in [4.69, 9.17) is 9.88 Å². The van der Waals surface area contributed by atoms with E-state index in [1.807, 2.05) is 19.0 Å². The zero-order valence-electron chi connectivity index (χ0n) is 17.5. The number of benzene rings is 1. The van der Waals surface area contributed by atoms with Crippen molar-refractivity contribution in [1.29, 1.82) is 0 Å². The Morgan fingerprint density at radius 3 is 2.71 bits per heavy atom. The average Bonchev–Trinajstić information content (AvgIpc) is 3.35. The normalized spacial score (nSPS) is 20.4. The quantitative estimate of drug-likeness (QED) is 0.743. The maximum Gasteiger partial charge on any atom is 0.354 e. The van der Waals surface area contributed by atoms with Crippen LogP contribution in [0.15, 0.2) is 15.5 Å². The van der Waals surface area contributed by atoms with Gasteiger partial charge in [0.2, 0.25) is 5.88 Å². The van der Waals surface area contributed by atoms with Crippen molar-refractivity contribution in [3.05, 3.63) is 34.3 Å². The molecule has 2 aromatic rings. The molecule has 2 amide bonds. The van der Waals surface area contributed by atoms with Crippen LogP contribution in [-0.2, 0) is 35.6 Å². The lowest BCUT2D eigenvalue weighted by Gasteiger charge is -2.26. The third kappa shape index (κ3) is 3.31. The van der Waals surface area contributed by atoms with Crippen molar-refractivity contribution >= 4 is 21.6 Å². The first-order valence-electron chi connectivity index (χ1n) is 10.3. The third-order valence-electron chi connectivity index (χ3n) is 6.16. The number of anilines is 1. The van der Waals surface area contributed by atoms with Gasteiger partial charge < -0.3 is 15.0 Å². The van der Waals surface area contributed by atoms with Gasteiger partial charge in [-0.25, -0.2) is 23.2 Å². The number of hydrogen-bond acceptors (Lipinski definition) is 5. The molecule has 1 aromatic heterocycles. The van der Waals surface area contributed by atoms with E-state index in [0.717, 1.165) is 17.5 Å². The fourth-order valence-corrected chi connectivity index (χ4v) is 5.69. The van der Waals surface area contributed by atoms with Crippen molar-refractivity contribution in [1.82, 2.24) is 14.7 Å². The number of carbonyl (C=O) groups excluding carboxylic acids is 1. The van der Waals surface area contributed by atoms with Gasteiger partial charge in [0.05, 0.1) is 6.20 Å². The van der Waals surface area contributed by atoms with Crippen LogP contribution in [0.1, 0.15) is 34.7 Å². The minimum atomic E-state index is -3.57. The van der Waals surface area contributed by atoms with Gasteiger partial charge in [-0.2, -0.15) is 5.10 Å². The summed E-state index contributed by atoms with van der Waals surface area (Å²) in [4.78, 5) is 14.8. The SMILES string of the molecule is CN(C)C[C@@H]1COc2c(S(N)(=O)=NC(=O)Nc3c4c(c(F)c5c3CC5)CCC4)cnn21. The summed E-state index contributed by atoms with van der Waals surface area (Å²) in [6, 6.07) is -0.853. The molecular formula is C20H25FN6O3S. The van der Waals surface area contributed by atoms with Crippen molar-refractivity contribution in [2.24, 2.45) is 9.50 Å². The molecule has 0 saturated carbocycles. The van der Waals surface area contributed by atoms with Crippen molar-refractivity contribution in [2.75, 3.05) is 32.6 Å². The number of fused-ring (bicyclic) bond motifs is 3. The van der Waals surface area contributed by atoms with Gasteiger partial charge in [-0.1, -0.05) is 0 Å². The maximum absolute atomic E-state index is 14.6. The molecule has 0 bridgehead atoms. The van der Waals surface area contributed by atoms with Crippen LogP contribution < -0.4 is 15.2 Å². The summed E-state index contributed by atoms with van der Waals surface area (Å²) in [5, 5.41) is 13.0. The number of carbonyl (C=O) groups is 1. The van der Waals surface area contributed by atoms with E-state index in [0.29, 0.717) is 55.6 Å².